The lowest BCUT2D eigenvalue weighted by molar-refractivity contribution is 0.143. The molecule has 0 aliphatic carbocycles. The number of urea groups is 1. The fourth-order valence-electron chi connectivity index (χ4n) is 1.43. The largest absolute Gasteiger partial charge is 0.472 e. The first-order chi connectivity index (χ1) is 8.77. The first-order valence-electron chi connectivity index (χ1n) is 5.79. The fraction of sp³-hybridized carbons (Fsp3) is 0.583. The Labute approximate surface area is 107 Å². The average molecular weight is 256 g/mol. The first-order valence-corrected chi connectivity index (χ1v) is 5.79. The second-order valence-electron chi connectivity index (χ2n) is 3.77. The third-order valence-electron chi connectivity index (χ3n) is 2.39. The van der Waals surface area contributed by atoms with Crippen molar-refractivity contribution in [2.45, 2.75) is 6.54 Å². The summed E-state index contributed by atoms with van der Waals surface area (Å²) >= 11 is 0. The summed E-state index contributed by atoms with van der Waals surface area (Å²) in [5.41, 5.74) is 0.952. The Morgan fingerprint density at radius 1 is 1.39 bits per heavy atom. The van der Waals surface area contributed by atoms with Crippen molar-refractivity contribution in [1.82, 2.24) is 10.2 Å². The van der Waals surface area contributed by atoms with Crippen LogP contribution in [0.15, 0.2) is 23.0 Å². The molecule has 1 rings (SSSR count). The summed E-state index contributed by atoms with van der Waals surface area (Å²) in [6.45, 7) is 2.51. The van der Waals surface area contributed by atoms with Gasteiger partial charge in [0.2, 0.25) is 0 Å². The molecule has 0 unspecified atom stereocenters. The highest BCUT2D eigenvalue weighted by Gasteiger charge is 2.13. The minimum atomic E-state index is -0.134. The maximum atomic E-state index is 11.9. The number of amides is 2. The predicted octanol–water partition coefficient (Wildman–Crippen LogP) is 1.08. The Balaban J connectivity index is 2.45. The summed E-state index contributed by atoms with van der Waals surface area (Å²) < 4.78 is 14.9. The monoisotopic (exact) mass is 256 g/mol. The number of furan rings is 1. The number of carbonyl (C=O) groups is 1. The van der Waals surface area contributed by atoms with Crippen molar-refractivity contribution in [3.63, 3.8) is 0 Å². The molecule has 1 N–H and O–H groups in total. The van der Waals surface area contributed by atoms with Crippen LogP contribution in [0.3, 0.4) is 0 Å². The first kappa shape index (κ1) is 14.5. The molecule has 1 heterocycles. The Bertz CT molecular complexity index is 327. The lowest BCUT2D eigenvalue weighted by atomic mass is 10.3. The summed E-state index contributed by atoms with van der Waals surface area (Å²) in [5.74, 6) is 0. The molecule has 0 radical (unpaired) electrons. The fourth-order valence-corrected chi connectivity index (χ4v) is 1.43. The minimum Gasteiger partial charge on any atom is -0.472 e. The van der Waals surface area contributed by atoms with Gasteiger partial charge in [0.25, 0.3) is 0 Å². The number of hydrogen-bond acceptors (Lipinski definition) is 4. The second-order valence-corrected chi connectivity index (χ2v) is 3.77. The topological polar surface area (TPSA) is 63.9 Å². The van der Waals surface area contributed by atoms with Crippen molar-refractivity contribution < 1.29 is 18.7 Å². The number of carbonyl (C=O) groups excluding carboxylic acids is 1. The van der Waals surface area contributed by atoms with E-state index in [1.807, 2.05) is 6.07 Å². The normalized spacial score (nSPS) is 10.3. The van der Waals surface area contributed by atoms with Gasteiger partial charge in [-0.1, -0.05) is 0 Å². The molecular formula is C12H20N2O4. The molecule has 0 fully saturated rings. The van der Waals surface area contributed by atoms with E-state index in [1.165, 1.54) is 0 Å². The number of nitrogens with one attached hydrogen (secondary N) is 1. The van der Waals surface area contributed by atoms with Gasteiger partial charge in [0.05, 0.1) is 32.3 Å². The van der Waals surface area contributed by atoms with E-state index in [-0.39, 0.29) is 6.03 Å². The maximum Gasteiger partial charge on any atom is 0.317 e. The van der Waals surface area contributed by atoms with Gasteiger partial charge in [-0.15, -0.1) is 0 Å². The molecule has 0 aliphatic rings. The van der Waals surface area contributed by atoms with Gasteiger partial charge in [-0.2, -0.15) is 0 Å². The van der Waals surface area contributed by atoms with E-state index in [0.29, 0.717) is 32.8 Å². The predicted molar refractivity (Wildman–Crippen MR) is 66.3 cm³/mol. The van der Waals surface area contributed by atoms with E-state index in [2.05, 4.69) is 5.32 Å². The lowest BCUT2D eigenvalue weighted by Crippen LogP contribution is -2.42. The van der Waals surface area contributed by atoms with E-state index < -0.39 is 0 Å². The van der Waals surface area contributed by atoms with Gasteiger partial charge < -0.3 is 24.1 Å². The van der Waals surface area contributed by atoms with Crippen molar-refractivity contribution >= 4 is 6.03 Å². The molecule has 0 atom stereocenters. The quantitative estimate of drug-likeness (QED) is 0.707. The van der Waals surface area contributed by atoms with Crippen LogP contribution in [0.5, 0.6) is 0 Å². The van der Waals surface area contributed by atoms with Crippen LogP contribution in [0.4, 0.5) is 4.79 Å². The number of nitrogens with zero attached hydrogens (tertiary/aromatic N) is 1. The van der Waals surface area contributed by atoms with Crippen LogP contribution >= 0.6 is 0 Å². The van der Waals surface area contributed by atoms with Gasteiger partial charge >= 0.3 is 6.03 Å². The van der Waals surface area contributed by atoms with Crippen LogP contribution in [-0.2, 0) is 16.0 Å². The molecule has 0 spiro atoms. The Hall–Kier alpha value is -1.53. The van der Waals surface area contributed by atoms with Crippen molar-refractivity contribution in [3.8, 4) is 0 Å². The summed E-state index contributed by atoms with van der Waals surface area (Å²) in [6, 6.07) is 1.70. The molecule has 0 saturated heterocycles. The maximum absolute atomic E-state index is 11.9. The summed E-state index contributed by atoms with van der Waals surface area (Å²) in [7, 11) is 3.21. The molecule has 0 bridgehead atoms. The van der Waals surface area contributed by atoms with Crippen LogP contribution in [0, 0.1) is 0 Å². The van der Waals surface area contributed by atoms with Gasteiger partial charge in [-0.25, -0.2) is 4.79 Å². The Morgan fingerprint density at radius 2 is 2.17 bits per heavy atom. The van der Waals surface area contributed by atoms with E-state index in [1.54, 1.807) is 31.6 Å². The van der Waals surface area contributed by atoms with E-state index >= 15 is 0 Å². The van der Waals surface area contributed by atoms with Crippen LogP contribution in [0.25, 0.3) is 0 Å². The van der Waals surface area contributed by atoms with E-state index in [0.717, 1.165) is 5.56 Å². The number of methoxy groups -OCH3 is 2. The molecule has 1 aromatic heterocycles. The Kier molecular flexibility index (Phi) is 6.90. The van der Waals surface area contributed by atoms with Crippen molar-refractivity contribution in [2.24, 2.45) is 0 Å². The highest BCUT2D eigenvalue weighted by molar-refractivity contribution is 5.74. The second kappa shape index (κ2) is 8.54. The van der Waals surface area contributed by atoms with Crippen LogP contribution in [-0.4, -0.2) is 51.5 Å². The summed E-state index contributed by atoms with van der Waals surface area (Å²) in [4.78, 5) is 13.6. The highest BCUT2D eigenvalue weighted by Crippen LogP contribution is 2.05. The SMILES string of the molecule is COCCNC(=O)N(CCOC)Cc1ccoc1. The van der Waals surface area contributed by atoms with Crippen LogP contribution in [0.2, 0.25) is 0 Å². The van der Waals surface area contributed by atoms with Crippen LogP contribution < -0.4 is 5.32 Å². The average Bonchev–Trinajstić information content (AvgIpc) is 2.87. The molecular weight excluding hydrogens is 236 g/mol. The van der Waals surface area contributed by atoms with Gasteiger partial charge in [0, 0.05) is 32.9 Å². The molecule has 6 nitrogen and oxygen atoms in total. The summed E-state index contributed by atoms with van der Waals surface area (Å²) in [5, 5.41) is 2.78. The van der Waals surface area contributed by atoms with E-state index in [4.69, 9.17) is 13.9 Å². The number of ether oxygens (including phenoxy) is 2. The molecule has 2 amide bonds. The standard InChI is InChI=1S/C12H20N2O4/c1-16-7-4-13-12(15)14(5-8-17-2)9-11-3-6-18-10-11/h3,6,10H,4-5,7-9H2,1-2H3,(H,13,15). The van der Waals surface area contributed by atoms with Gasteiger partial charge in [0.1, 0.15) is 0 Å². The van der Waals surface area contributed by atoms with Crippen molar-refractivity contribution in [1.29, 1.82) is 0 Å². The van der Waals surface area contributed by atoms with Crippen molar-refractivity contribution in [3.05, 3.63) is 24.2 Å². The number of hydrogen-bond donors (Lipinski definition) is 1. The molecule has 0 saturated carbocycles. The molecule has 0 aliphatic heterocycles. The van der Waals surface area contributed by atoms with E-state index in [9.17, 15) is 4.79 Å². The molecule has 6 heteroatoms. The molecule has 102 valence electrons. The van der Waals surface area contributed by atoms with Crippen LogP contribution in [0.1, 0.15) is 5.56 Å². The number of rotatable bonds is 8. The third-order valence-corrected chi connectivity index (χ3v) is 2.39. The molecule has 0 aromatic carbocycles. The highest BCUT2D eigenvalue weighted by atomic mass is 16.5. The molecule has 18 heavy (non-hydrogen) atoms. The summed E-state index contributed by atoms with van der Waals surface area (Å²) in [6.07, 6.45) is 3.22. The van der Waals surface area contributed by atoms with Gasteiger partial charge in [-0.3, -0.25) is 0 Å². The zero-order valence-electron chi connectivity index (χ0n) is 10.8. The third kappa shape index (κ3) is 5.20. The lowest BCUT2D eigenvalue weighted by Gasteiger charge is -2.22. The van der Waals surface area contributed by atoms with Gasteiger partial charge in [0.15, 0.2) is 0 Å². The zero-order valence-corrected chi connectivity index (χ0v) is 10.8. The smallest absolute Gasteiger partial charge is 0.317 e. The minimum absolute atomic E-state index is 0.134. The molecule has 1 aromatic rings. The zero-order chi connectivity index (χ0) is 13.2. The Morgan fingerprint density at radius 3 is 2.78 bits per heavy atom. The van der Waals surface area contributed by atoms with Crippen molar-refractivity contribution in [2.75, 3.05) is 40.5 Å². The van der Waals surface area contributed by atoms with Gasteiger partial charge in [-0.05, 0) is 6.07 Å².